The van der Waals surface area contributed by atoms with E-state index >= 15 is 0 Å². The Hall–Kier alpha value is -2.44. The van der Waals surface area contributed by atoms with Gasteiger partial charge < -0.3 is 20.0 Å². The van der Waals surface area contributed by atoms with E-state index < -0.39 is 0 Å². The average molecular weight is 503 g/mol. The van der Waals surface area contributed by atoms with Crippen molar-refractivity contribution in [2.45, 2.75) is 19.8 Å². The third-order valence-corrected chi connectivity index (χ3v) is 5.03. The number of hydrazone groups is 1. The Balaban J connectivity index is 0.00000408. The predicted octanol–water partition coefficient (Wildman–Crippen LogP) is 1.80. The number of carbonyl (C=O) groups excluding carboxylic acids is 1. The van der Waals surface area contributed by atoms with E-state index in [-0.39, 0.29) is 73.6 Å². The summed E-state index contributed by atoms with van der Waals surface area (Å²) >= 11 is 6.30. The Morgan fingerprint density at radius 1 is 1.24 bits per heavy atom. The number of benzene rings is 2. The van der Waals surface area contributed by atoms with E-state index in [1.54, 1.807) is 19.2 Å². The van der Waals surface area contributed by atoms with Gasteiger partial charge in [-0.25, -0.2) is 5.01 Å². The van der Waals surface area contributed by atoms with Crippen LogP contribution in [0.1, 0.15) is 35.7 Å². The molecule has 3 rings (SSSR count). The van der Waals surface area contributed by atoms with Gasteiger partial charge in [0.1, 0.15) is 12.1 Å². The molecule has 0 radical (unpaired) electrons. The van der Waals surface area contributed by atoms with E-state index in [2.05, 4.69) is 15.6 Å². The summed E-state index contributed by atoms with van der Waals surface area (Å²) < 4.78 is 11.0. The molecule has 0 atom stereocenters. The molecule has 0 bridgehead atoms. The van der Waals surface area contributed by atoms with Gasteiger partial charge in [0.15, 0.2) is 17.2 Å². The molecule has 0 saturated carbocycles. The van der Waals surface area contributed by atoms with Crippen LogP contribution >= 0.6 is 11.6 Å². The van der Waals surface area contributed by atoms with Gasteiger partial charge in [0.2, 0.25) is 0 Å². The summed E-state index contributed by atoms with van der Waals surface area (Å²) in [5.74, 6) is 0.897. The smallest absolute Gasteiger partial charge is 0.574 e. The van der Waals surface area contributed by atoms with E-state index in [0.717, 1.165) is 17.7 Å². The molecule has 9 nitrogen and oxygen atoms in total. The topological polar surface area (TPSA) is 125 Å². The number of methoxy groups -OCH3 is 1. The zero-order chi connectivity index (χ0) is 23.8. The number of ether oxygens (including phenoxy) is 2. The summed E-state index contributed by atoms with van der Waals surface area (Å²) in [7, 11) is 1.58. The maximum atomic E-state index is 13.1. The normalized spacial score (nSPS) is 12.3. The first-order valence-corrected chi connectivity index (χ1v) is 10.5. The van der Waals surface area contributed by atoms with Crippen molar-refractivity contribution in [2.75, 3.05) is 20.3 Å². The summed E-state index contributed by atoms with van der Waals surface area (Å²) in [4.78, 5) is 13.1. The first-order chi connectivity index (χ1) is 16.0. The third-order valence-electron chi connectivity index (χ3n) is 4.72. The minimum Gasteiger partial charge on any atom is -0.574 e. The van der Waals surface area contributed by atoms with Crippen molar-refractivity contribution in [3.05, 3.63) is 58.0 Å². The monoisotopic (exact) mass is 502 g/mol. The molecule has 2 aromatic carbocycles. The Labute approximate surface area is 245 Å². The number of nitrogens with zero attached hydrogens (tertiary/aromatic N) is 6. The molecule has 0 spiro atoms. The van der Waals surface area contributed by atoms with Gasteiger partial charge in [-0.3, -0.25) is 4.79 Å². The van der Waals surface area contributed by atoms with Gasteiger partial charge >= 0.3 is 51.4 Å². The van der Waals surface area contributed by atoms with Crippen LogP contribution in [0.15, 0.2) is 46.6 Å². The minimum absolute atomic E-state index is 0. The van der Waals surface area contributed by atoms with Gasteiger partial charge in [-0.15, -0.1) is 5.69 Å². The molecular formula is C23H20ClKN6O3. The molecular weight excluding hydrogens is 483 g/mol. The Morgan fingerprint density at radius 2 is 2.00 bits per heavy atom. The van der Waals surface area contributed by atoms with Gasteiger partial charge in [-0.2, -0.15) is 15.6 Å². The molecule has 1 aliphatic rings. The fraction of sp³-hybridized carbons (Fsp3) is 0.261. The number of carbonyl (C=O) groups is 1. The fourth-order valence-electron chi connectivity index (χ4n) is 3.17. The van der Waals surface area contributed by atoms with Crippen molar-refractivity contribution < 1.29 is 65.7 Å². The number of hydrogen-bond donors (Lipinski definition) is 0. The van der Waals surface area contributed by atoms with Crippen molar-refractivity contribution in [1.29, 1.82) is 10.5 Å². The number of amides is 1. The van der Waals surface area contributed by atoms with Crippen LogP contribution in [0.4, 0.5) is 5.69 Å². The first kappa shape index (κ1) is 27.8. The molecule has 168 valence electrons. The second-order valence-corrected chi connectivity index (χ2v) is 7.22. The zero-order valence-corrected chi connectivity index (χ0v) is 23.0. The first-order valence-electron chi connectivity index (χ1n) is 10.1. The van der Waals surface area contributed by atoms with Crippen LogP contribution in [0.3, 0.4) is 0 Å². The van der Waals surface area contributed by atoms with Gasteiger partial charge in [-0.05, 0) is 44.0 Å². The molecule has 1 heterocycles. The molecule has 0 saturated heterocycles. The summed E-state index contributed by atoms with van der Waals surface area (Å²) in [6, 6.07) is 13.3. The molecule has 0 N–H and O–H groups in total. The van der Waals surface area contributed by atoms with Crippen LogP contribution < -0.4 is 60.9 Å². The van der Waals surface area contributed by atoms with Crippen molar-refractivity contribution in [3.8, 4) is 23.6 Å². The molecule has 34 heavy (non-hydrogen) atoms. The number of nitriles is 2. The SMILES string of the molecule is CCOc1cc(C2=NN(C(=O)c3ccc([N-]N=C(C#N)C#N)cc3Cl)CCC2)ccc1OC.[K+]. The second kappa shape index (κ2) is 13.4. The Bertz CT molecular complexity index is 1190. The predicted molar refractivity (Wildman–Crippen MR) is 124 cm³/mol. The molecule has 2 aromatic rings. The van der Waals surface area contributed by atoms with Crippen LogP contribution in [0, 0.1) is 22.7 Å². The summed E-state index contributed by atoms with van der Waals surface area (Å²) in [5.41, 5.74) is 5.59. The molecule has 11 heteroatoms. The van der Waals surface area contributed by atoms with Crippen LogP contribution in [0.25, 0.3) is 5.43 Å². The average Bonchev–Trinajstić information content (AvgIpc) is 2.84. The van der Waals surface area contributed by atoms with Crippen LogP contribution in [0.5, 0.6) is 11.5 Å². The third kappa shape index (κ3) is 6.80. The number of hydrogen-bond acceptors (Lipinski definition) is 7. The van der Waals surface area contributed by atoms with Crippen molar-refractivity contribution in [1.82, 2.24) is 5.01 Å². The quantitative estimate of drug-likeness (QED) is 0.324. The zero-order valence-electron chi connectivity index (χ0n) is 19.1. The van der Waals surface area contributed by atoms with Crippen LogP contribution in [0.2, 0.25) is 5.02 Å². The van der Waals surface area contributed by atoms with Gasteiger partial charge in [0, 0.05) is 12.1 Å². The number of rotatable bonds is 7. The fourth-order valence-corrected chi connectivity index (χ4v) is 3.43. The Morgan fingerprint density at radius 3 is 2.65 bits per heavy atom. The number of halogens is 1. The molecule has 0 aliphatic carbocycles. The minimum atomic E-state index is -0.382. The van der Waals surface area contributed by atoms with Crippen molar-refractivity contribution >= 4 is 34.6 Å². The van der Waals surface area contributed by atoms with Gasteiger partial charge in [-0.1, -0.05) is 23.7 Å². The largest absolute Gasteiger partial charge is 1.00 e. The van der Waals surface area contributed by atoms with Crippen molar-refractivity contribution in [3.63, 3.8) is 0 Å². The van der Waals surface area contributed by atoms with Gasteiger partial charge in [0.25, 0.3) is 5.91 Å². The molecule has 1 amide bonds. The Kier molecular flexibility index (Phi) is 11.0. The summed E-state index contributed by atoms with van der Waals surface area (Å²) in [6.45, 7) is 2.85. The summed E-state index contributed by atoms with van der Waals surface area (Å²) in [6.07, 6.45) is 1.46. The van der Waals surface area contributed by atoms with Crippen molar-refractivity contribution in [2.24, 2.45) is 10.2 Å². The van der Waals surface area contributed by atoms with Gasteiger partial charge in [0.05, 0.1) is 30.0 Å². The van der Waals surface area contributed by atoms with E-state index in [9.17, 15) is 4.79 Å². The van der Waals surface area contributed by atoms with E-state index in [4.69, 9.17) is 31.6 Å². The molecule has 0 fully saturated rings. The van der Waals surface area contributed by atoms with E-state index in [0.29, 0.717) is 36.8 Å². The standard InChI is InChI=1S/C23H21ClN6O3.K/c1-3-33-22-11-15(6-9-21(22)32-2)20-5-4-10-30(29-20)23(31)18-8-7-16(12-19(18)24)27-28-17(13-25)14-26;/h6-9,11-12H,3-5,10H2,1-2H3,(H,27,31);/q;+1/p-1. The summed E-state index contributed by atoms with van der Waals surface area (Å²) in [5, 5.41) is 27.1. The van der Waals surface area contributed by atoms with E-state index in [1.807, 2.05) is 25.1 Å². The van der Waals surface area contributed by atoms with Crippen LogP contribution in [-0.4, -0.2) is 42.6 Å². The molecule has 0 aromatic heterocycles. The second-order valence-electron chi connectivity index (χ2n) is 6.81. The van der Waals surface area contributed by atoms with E-state index in [1.165, 1.54) is 23.2 Å². The molecule has 1 aliphatic heterocycles. The maximum absolute atomic E-state index is 13.1. The maximum Gasteiger partial charge on any atom is 1.00 e. The van der Waals surface area contributed by atoms with Crippen LogP contribution in [-0.2, 0) is 0 Å². The molecule has 0 unspecified atom stereocenters.